The highest BCUT2D eigenvalue weighted by Gasteiger charge is 2.22. The van der Waals surface area contributed by atoms with Crippen LogP contribution < -0.4 is 10.6 Å². The van der Waals surface area contributed by atoms with E-state index in [1.807, 2.05) is 18.4 Å². The standard InChI is InChI=1S/C20H27ClN6O2/c1-5-27-11-24-15-17(22-10-13-7-6-8-14(21)16(13)28)25-19(26-18(15)27)23-9-12(2)20(3,4)29/h6-8,11-12,28-29H,5,9-10H2,1-4H3,(H2,22,23,25,26). The Morgan fingerprint density at radius 2 is 2.00 bits per heavy atom. The van der Waals surface area contributed by atoms with Crippen LogP contribution in [0.1, 0.15) is 33.3 Å². The molecule has 9 heteroatoms. The van der Waals surface area contributed by atoms with Crippen molar-refractivity contribution in [3.63, 3.8) is 0 Å². The van der Waals surface area contributed by atoms with Crippen LogP contribution in [-0.4, -0.2) is 41.9 Å². The second kappa shape index (κ2) is 8.42. The molecule has 0 saturated heterocycles. The molecule has 0 aliphatic carbocycles. The number of aromatic hydroxyl groups is 1. The molecule has 0 bridgehead atoms. The summed E-state index contributed by atoms with van der Waals surface area (Å²) in [5, 5.41) is 27.0. The number of aliphatic hydroxyl groups is 1. The summed E-state index contributed by atoms with van der Waals surface area (Å²) in [5.41, 5.74) is 1.20. The minimum atomic E-state index is -0.812. The summed E-state index contributed by atoms with van der Waals surface area (Å²) in [6.45, 7) is 9.11. The van der Waals surface area contributed by atoms with Gasteiger partial charge in [0.05, 0.1) is 17.0 Å². The van der Waals surface area contributed by atoms with Gasteiger partial charge in [0.15, 0.2) is 17.0 Å². The number of anilines is 2. The number of aromatic nitrogens is 4. The number of rotatable bonds is 8. The fourth-order valence-electron chi connectivity index (χ4n) is 2.75. The predicted octanol–water partition coefficient (Wildman–Crippen LogP) is 3.64. The Labute approximate surface area is 175 Å². The first-order valence-electron chi connectivity index (χ1n) is 9.60. The van der Waals surface area contributed by atoms with Gasteiger partial charge in [0, 0.05) is 31.1 Å². The zero-order chi connectivity index (χ0) is 21.2. The Balaban J connectivity index is 1.88. The average Bonchev–Trinajstić information content (AvgIpc) is 3.09. The van der Waals surface area contributed by atoms with Crippen molar-refractivity contribution >= 4 is 34.5 Å². The van der Waals surface area contributed by atoms with Crippen molar-refractivity contribution in [3.05, 3.63) is 35.1 Å². The number of nitrogens with zero attached hydrogens (tertiary/aromatic N) is 4. The molecule has 3 aromatic rings. The maximum atomic E-state index is 10.2. The van der Waals surface area contributed by atoms with Gasteiger partial charge < -0.3 is 25.4 Å². The van der Waals surface area contributed by atoms with Crippen molar-refractivity contribution in [2.24, 2.45) is 5.92 Å². The molecule has 1 atom stereocenters. The molecule has 0 radical (unpaired) electrons. The van der Waals surface area contributed by atoms with Crippen LogP contribution in [0.25, 0.3) is 11.2 Å². The normalized spacial score (nSPS) is 12.9. The van der Waals surface area contributed by atoms with Crippen LogP contribution in [0.5, 0.6) is 5.75 Å². The largest absolute Gasteiger partial charge is 0.506 e. The molecule has 4 N–H and O–H groups in total. The monoisotopic (exact) mass is 418 g/mol. The predicted molar refractivity (Wildman–Crippen MR) is 115 cm³/mol. The van der Waals surface area contributed by atoms with Gasteiger partial charge in [-0.2, -0.15) is 9.97 Å². The first kappa shape index (κ1) is 21.1. The van der Waals surface area contributed by atoms with Crippen LogP contribution in [0.4, 0.5) is 11.8 Å². The van der Waals surface area contributed by atoms with Gasteiger partial charge in [-0.1, -0.05) is 30.7 Å². The maximum Gasteiger partial charge on any atom is 0.226 e. The van der Waals surface area contributed by atoms with Crippen molar-refractivity contribution in [2.75, 3.05) is 17.2 Å². The van der Waals surface area contributed by atoms with E-state index in [4.69, 9.17) is 11.6 Å². The molecule has 1 unspecified atom stereocenters. The molecule has 0 aliphatic heterocycles. The van der Waals surface area contributed by atoms with Gasteiger partial charge in [-0.25, -0.2) is 4.98 Å². The maximum absolute atomic E-state index is 10.2. The lowest BCUT2D eigenvalue weighted by Crippen LogP contribution is -2.33. The number of nitrogens with one attached hydrogen (secondary N) is 2. The van der Waals surface area contributed by atoms with Gasteiger partial charge in [-0.05, 0) is 26.8 Å². The number of benzene rings is 1. The van der Waals surface area contributed by atoms with E-state index in [1.54, 1.807) is 38.4 Å². The van der Waals surface area contributed by atoms with Gasteiger partial charge >= 0.3 is 0 Å². The van der Waals surface area contributed by atoms with Gasteiger partial charge in [0.1, 0.15) is 5.75 Å². The van der Waals surface area contributed by atoms with Crippen LogP contribution in [0.3, 0.4) is 0 Å². The highest BCUT2D eigenvalue weighted by atomic mass is 35.5. The van der Waals surface area contributed by atoms with Crippen molar-refractivity contribution in [1.29, 1.82) is 0 Å². The van der Waals surface area contributed by atoms with Crippen LogP contribution in [-0.2, 0) is 13.1 Å². The SMILES string of the molecule is CCn1cnc2c(NCc3cccc(Cl)c3O)nc(NCC(C)C(C)(C)O)nc21. The number of imidazole rings is 1. The Morgan fingerprint density at radius 1 is 1.24 bits per heavy atom. The minimum absolute atomic E-state index is 0.00213. The van der Waals surface area contributed by atoms with E-state index in [-0.39, 0.29) is 11.7 Å². The highest BCUT2D eigenvalue weighted by Crippen LogP contribution is 2.28. The van der Waals surface area contributed by atoms with Crippen molar-refractivity contribution in [2.45, 2.75) is 46.4 Å². The summed E-state index contributed by atoms with van der Waals surface area (Å²) in [6.07, 6.45) is 1.73. The zero-order valence-corrected chi connectivity index (χ0v) is 17.8. The van der Waals surface area contributed by atoms with Crippen LogP contribution >= 0.6 is 11.6 Å². The van der Waals surface area contributed by atoms with Crippen molar-refractivity contribution in [1.82, 2.24) is 19.5 Å². The molecule has 0 fully saturated rings. The summed E-state index contributed by atoms with van der Waals surface area (Å²) >= 11 is 6.00. The van der Waals surface area contributed by atoms with E-state index in [2.05, 4.69) is 25.6 Å². The van der Waals surface area contributed by atoms with Gasteiger partial charge in [0.2, 0.25) is 5.95 Å². The Kier molecular flexibility index (Phi) is 6.14. The van der Waals surface area contributed by atoms with Crippen molar-refractivity contribution < 1.29 is 10.2 Å². The highest BCUT2D eigenvalue weighted by molar-refractivity contribution is 6.32. The fraction of sp³-hybridized carbons (Fsp3) is 0.450. The number of phenols is 1. The summed E-state index contributed by atoms with van der Waals surface area (Å²) in [5.74, 6) is 1.04. The first-order valence-corrected chi connectivity index (χ1v) is 9.97. The molecule has 3 rings (SSSR count). The molecule has 1 aromatic carbocycles. The summed E-state index contributed by atoms with van der Waals surface area (Å²) in [7, 11) is 0. The summed E-state index contributed by atoms with van der Waals surface area (Å²) < 4.78 is 1.93. The number of para-hydroxylation sites is 1. The third kappa shape index (κ3) is 4.71. The molecular formula is C20H27ClN6O2. The summed E-state index contributed by atoms with van der Waals surface area (Å²) in [4.78, 5) is 13.6. The van der Waals surface area contributed by atoms with E-state index in [1.165, 1.54) is 0 Å². The first-order chi connectivity index (χ1) is 13.7. The number of phenolic OH excluding ortho intramolecular Hbond substituents is 1. The smallest absolute Gasteiger partial charge is 0.226 e. The van der Waals surface area contributed by atoms with E-state index in [0.29, 0.717) is 46.6 Å². The lowest BCUT2D eigenvalue weighted by Gasteiger charge is -2.26. The number of aryl methyl sites for hydroxylation is 1. The Morgan fingerprint density at radius 3 is 2.69 bits per heavy atom. The number of fused-ring (bicyclic) bond motifs is 1. The molecule has 2 aromatic heterocycles. The number of hydrogen-bond donors (Lipinski definition) is 4. The molecular weight excluding hydrogens is 392 g/mol. The lowest BCUT2D eigenvalue weighted by molar-refractivity contribution is 0.0303. The lowest BCUT2D eigenvalue weighted by atomic mass is 9.93. The molecule has 0 saturated carbocycles. The quantitative estimate of drug-likeness (QED) is 0.442. The topological polar surface area (TPSA) is 108 Å². The molecule has 0 spiro atoms. The average molecular weight is 419 g/mol. The minimum Gasteiger partial charge on any atom is -0.506 e. The second-order valence-corrected chi connectivity index (χ2v) is 8.04. The fourth-order valence-corrected chi connectivity index (χ4v) is 2.95. The number of halogens is 1. The van der Waals surface area contributed by atoms with E-state index in [0.717, 1.165) is 6.54 Å². The van der Waals surface area contributed by atoms with Crippen LogP contribution in [0.15, 0.2) is 24.5 Å². The van der Waals surface area contributed by atoms with Gasteiger partial charge in [0.25, 0.3) is 0 Å². The van der Waals surface area contributed by atoms with Crippen LogP contribution in [0, 0.1) is 5.92 Å². The zero-order valence-electron chi connectivity index (χ0n) is 17.1. The molecule has 8 nitrogen and oxygen atoms in total. The Bertz CT molecular complexity index is 999. The van der Waals surface area contributed by atoms with Crippen molar-refractivity contribution in [3.8, 4) is 5.75 Å². The van der Waals surface area contributed by atoms with E-state index >= 15 is 0 Å². The third-order valence-corrected chi connectivity index (χ3v) is 5.40. The Hall–Kier alpha value is -2.58. The van der Waals surface area contributed by atoms with Gasteiger partial charge in [-0.3, -0.25) is 0 Å². The number of hydrogen-bond acceptors (Lipinski definition) is 7. The van der Waals surface area contributed by atoms with E-state index < -0.39 is 5.60 Å². The molecule has 0 aliphatic rings. The third-order valence-electron chi connectivity index (χ3n) is 5.09. The van der Waals surface area contributed by atoms with Crippen LogP contribution in [0.2, 0.25) is 5.02 Å². The molecule has 0 amide bonds. The second-order valence-electron chi connectivity index (χ2n) is 7.64. The van der Waals surface area contributed by atoms with Gasteiger partial charge in [-0.15, -0.1) is 0 Å². The van der Waals surface area contributed by atoms with E-state index in [9.17, 15) is 10.2 Å². The molecule has 2 heterocycles. The molecule has 29 heavy (non-hydrogen) atoms. The summed E-state index contributed by atoms with van der Waals surface area (Å²) in [6, 6.07) is 5.21. The molecule has 156 valence electrons.